The predicted octanol–water partition coefficient (Wildman–Crippen LogP) is 7.36. The summed E-state index contributed by atoms with van der Waals surface area (Å²) >= 11 is 0. The maximum Gasteiger partial charge on any atom is 0.512 e. The van der Waals surface area contributed by atoms with E-state index in [1.54, 1.807) is 0 Å². The van der Waals surface area contributed by atoms with E-state index in [1.807, 2.05) is 42.5 Å². The maximum absolute atomic E-state index is 11.3. The third-order valence-corrected chi connectivity index (χ3v) is 5.99. The van der Waals surface area contributed by atoms with Gasteiger partial charge in [-0.2, -0.15) is 0 Å². The van der Waals surface area contributed by atoms with Crippen LogP contribution < -0.4 is 9.47 Å². The number of hydrogen-bond acceptors (Lipinski definition) is 3. The second kappa shape index (κ2) is 9.32. The molecule has 0 fully saturated rings. The molecule has 0 aliphatic heterocycles. The summed E-state index contributed by atoms with van der Waals surface area (Å²) in [6, 6.07) is 28.6. The summed E-state index contributed by atoms with van der Waals surface area (Å²) in [7, 11) is 0. The smallest absolute Gasteiger partial charge is 0.493 e. The van der Waals surface area contributed by atoms with Gasteiger partial charge in [0.05, 0.1) is 6.61 Å². The third-order valence-electron chi connectivity index (χ3n) is 5.99. The number of aromatic nitrogens is 1. The zero-order valence-electron chi connectivity index (χ0n) is 18.9. The van der Waals surface area contributed by atoms with Crippen LogP contribution in [0.4, 0.5) is 4.79 Å². The van der Waals surface area contributed by atoms with Crippen molar-refractivity contribution in [2.45, 2.75) is 19.8 Å². The molecule has 0 saturated heterocycles. The Kier molecular flexibility index (Phi) is 5.91. The van der Waals surface area contributed by atoms with Gasteiger partial charge in [0, 0.05) is 21.9 Å². The Bertz CT molecular complexity index is 1480. The Morgan fingerprint density at radius 1 is 0.882 bits per heavy atom. The van der Waals surface area contributed by atoms with E-state index in [-0.39, 0.29) is 5.88 Å². The highest BCUT2D eigenvalue weighted by Gasteiger charge is 2.16. The Morgan fingerprint density at radius 2 is 1.68 bits per heavy atom. The van der Waals surface area contributed by atoms with Crippen LogP contribution in [0.25, 0.3) is 32.8 Å². The maximum atomic E-state index is 11.3. The van der Waals surface area contributed by atoms with Crippen molar-refractivity contribution in [3.63, 3.8) is 0 Å². The van der Waals surface area contributed by atoms with Crippen molar-refractivity contribution in [3.05, 3.63) is 96.1 Å². The van der Waals surface area contributed by atoms with Crippen molar-refractivity contribution in [1.82, 2.24) is 4.98 Å². The minimum Gasteiger partial charge on any atom is -0.493 e. The summed E-state index contributed by atoms with van der Waals surface area (Å²) in [5.74, 6) is 1.12. The SMILES string of the molecule is Cc1cccc(-c2ccc3c(CCCOc4cccc5ccccc45)c(OC(=O)O)[nH]c3c2)c1. The molecule has 0 aliphatic rings. The van der Waals surface area contributed by atoms with Gasteiger partial charge in [0.2, 0.25) is 5.88 Å². The van der Waals surface area contributed by atoms with Crippen molar-refractivity contribution >= 4 is 27.8 Å². The van der Waals surface area contributed by atoms with Crippen molar-refractivity contribution < 1.29 is 19.4 Å². The monoisotopic (exact) mass is 451 g/mol. The van der Waals surface area contributed by atoms with E-state index >= 15 is 0 Å². The van der Waals surface area contributed by atoms with Gasteiger partial charge in [-0.05, 0) is 48.4 Å². The van der Waals surface area contributed by atoms with Gasteiger partial charge in [-0.3, -0.25) is 0 Å². The van der Waals surface area contributed by atoms with Crippen LogP contribution in [0.1, 0.15) is 17.5 Å². The zero-order valence-corrected chi connectivity index (χ0v) is 18.9. The van der Waals surface area contributed by atoms with E-state index in [9.17, 15) is 9.90 Å². The lowest BCUT2D eigenvalue weighted by Crippen LogP contribution is -2.06. The first-order valence-corrected chi connectivity index (χ1v) is 11.3. The van der Waals surface area contributed by atoms with Crippen molar-refractivity contribution in [3.8, 4) is 22.8 Å². The molecule has 2 N–H and O–H groups in total. The van der Waals surface area contributed by atoms with Crippen LogP contribution in [-0.2, 0) is 6.42 Å². The van der Waals surface area contributed by atoms with Gasteiger partial charge in [0.15, 0.2) is 0 Å². The molecule has 1 aromatic heterocycles. The number of aryl methyl sites for hydroxylation is 2. The largest absolute Gasteiger partial charge is 0.512 e. The zero-order chi connectivity index (χ0) is 23.5. The molecule has 5 heteroatoms. The van der Waals surface area contributed by atoms with Crippen molar-refractivity contribution in [2.24, 2.45) is 0 Å². The fourth-order valence-corrected chi connectivity index (χ4v) is 4.41. The van der Waals surface area contributed by atoms with E-state index in [1.165, 1.54) is 5.56 Å². The summed E-state index contributed by atoms with van der Waals surface area (Å²) in [6.07, 6.45) is 0.00175. The topological polar surface area (TPSA) is 71.6 Å². The number of carboxylic acid groups (broad SMARTS) is 1. The van der Waals surface area contributed by atoms with Gasteiger partial charge in [-0.25, -0.2) is 4.79 Å². The van der Waals surface area contributed by atoms with Gasteiger partial charge >= 0.3 is 6.16 Å². The Labute approximate surface area is 197 Å². The molecule has 0 saturated carbocycles. The first-order chi connectivity index (χ1) is 16.6. The molecule has 5 nitrogen and oxygen atoms in total. The molecule has 170 valence electrons. The highest BCUT2D eigenvalue weighted by atomic mass is 16.7. The standard InChI is InChI=1S/C29H25NO4/c1-19-7-4-10-21(17-19)22-14-15-24-25(28(34-29(31)32)30-26(24)18-22)12-6-16-33-27-13-5-9-20-8-2-3-11-23(20)27/h2-5,7-11,13-15,17-18,30H,6,12,16H2,1H3,(H,31,32). The summed E-state index contributed by atoms with van der Waals surface area (Å²) in [5, 5.41) is 12.4. The average Bonchev–Trinajstić information content (AvgIpc) is 3.17. The lowest BCUT2D eigenvalue weighted by Gasteiger charge is -2.10. The summed E-state index contributed by atoms with van der Waals surface area (Å²) in [6.45, 7) is 2.57. The Hall–Kier alpha value is -4.25. The van der Waals surface area contributed by atoms with Gasteiger partial charge < -0.3 is 19.6 Å². The molecular weight excluding hydrogens is 426 g/mol. The van der Waals surface area contributed by atoms with Crippen LogP contribution in [-0.4, -0.2) is 22.9 Å². The molecule has 0 amide bonds. The first-order valence-electron chi connectivity index (χ1n) is 11.3. The number of carbonyl (C=O) groups is 1. The van der Waals surface area contributed by atoms with Gasteiger partial charge in [0.25, 0.3) is 0 Å². The van der Waals surface area contributed by atoms with E-state index in [2.05, 4.69) is 54.4 Å². The molecule has 4 aromatic carbocycles. The molecule has 0 spiro atoms. The van der Waals surface area contributed by atoms with E-state index in [0.29, 0.717) is 19.4 Å². The lowest BCUT2D eigenvalue weighted by atomic mass is 10.0. The fraction of sp³-hybridized carbons (Fsp3) is 0.138. The van der Waals surface area contributed by atoms with Gasteiger partial charge in [-0.1, -0.05) is 78.4 Å². The number of hydrogen-bond donors (Lipinski definition) is 2. The second-order valence-corrected chi connectivity index (χ2v) is 8.36. The van der Waals surface area contributed by atoms with E-state index in [0.717, 1.165) is 44.1 Å². The van der Waals surface area contributed by atoms with Gasteiger partial charge in [-0.15, -0.1) is 0 Å². The molecular formula is C29H25NO4. The minimum absolute atomic E-state index is 0.272. The molecule has 34 heavy (non-hydrogen) atoms. The lowest BCUT2D eigenvalue weighted by molar-refractivity contribution is 0.142. The molecule has 5 rings (SSSR count). The van der Waals surface area contributed by atoms with Crippen molar-refractivity contribution in [1.29, 1.82) is 0 Å². The Morgan fingerprint density at radius 3 is 2.53 bits per heavy atom. The highest BCUT2D eigenvalue weighted by Crippen LogP contribution is 2.33. The third kappa shape index (κ3) is 4.46. The molecule has 0 unspecified atom stereocenters. The van der Waals surface area contributed by atoms with Crippen molar-refractivity contribution in [2.75, 3.05) is 6.61 Å². The predicted molar refractivity (Wildman–Crippen MR) is 135 cm³/mol. The van der Waals surface area contributed by atoms with Gasteiger partial charge in [0.1, 0.15) is 5.75 Å². The number of rotatable bonds is 7. The van der Waals surface area contributed by atoms with Crippen LogP contribution in [0.15, 0.2) is 84.9 Å². The number of nitrogens with one attached hydrogen (secondary N) is 1. The summed E-state index contributed by atoms with van der Waals surface area (Å²) in [4.78, 5) is 14.5. The van der Waals surface area contributed by atoms with E-state index < -0.39 is 6.16 Å². The highest BCUT2D eigenvalue weighted by molar-refractivity contribution is 5.90. The molecule has 0 aliphatic carbocycles. The van der Waals surface area contributed by atoms with Crippen LogP contribution in [0.5, 0.6) is 11.6 Å². The summed E-state index contributed by atoms with van der Waals surface area (Å²) in [5.41, 5.74) is 5.05. The first kappa shape index (κ1) is 21.6. The molecule has 0 radical (unpaired) electrons. The van der Waals surface area contributed by atoms with Crippen LogP contribution in [0, 0.1) is 6.92 Å². The fourth-order valence-electron chi connectivity index (χ4n) is 4.41. The normalized spacial score (nSPS) is 11.1. The molecule has 5 aromatic rings. The Balaban J connectivity index is 1.37. The van der Waals surface area contributed by atoms with Crippen LogP contribution in [0.3, 0.4) is 0 Å². The molecule has 0 atom stereocenters. The quantitative estimate of drug-likeness (QED) is 0.200. The molecule has 0 bridgehead atoms. The van der Waals surface area contributed by atoms with Crippen LogP contribution in [0.2, 0.25) is 0 Å². The number of ether oxygens (including phenoxy) is 2. The minimum atomic E-state index is -1.33. The number of fused-ring (bicyclic) bond motifs is 2. The van der Waals surface area contributed by atoms with Crippen LogP contribution >= 0.6 is 0 Å². The second-order valence-electron chi connectivity index (χ2n) is 8.36. The summed E-state index contributed by atoms with van der Waals surface area (Å²) < 4.78 is 11.2. The average molecular weight is 452 g/mol. The molecule has 1 heterocycles. The van der Waals surface area contributed by atoms with E-state index in [4.69, 9.17) is 9.47 Å². The number of aromatic amines is 1. The number of H-pyrrole nitrogens is 1. The number of benzene rings is 4.